The van der Waals surface area contributed by atoms with Gasteiger partial charge < -0.3 is 5.73 Å². The molecule has 3 heterocycles. The Labute approximate surface area is 137 Å². The summed E-state index contributed by atoms with van der Waals surface area (Å²) in [4.78, 5) is 5.81. The van der Waals surface area contributed by atoms with Crippen molar-refractivity contribution in [2.45, 2.75) is 12.5 Å². The lowest BCUT2D eigenvalue weighted by atomic mass is 10.0. The van der Waals surface area contributed by atoms with Gasteiger partial charge in [-0.3, -0.25) is 9.58 Å². The molecule has 1 aromatic carbocycles. The number of hydrogen-bond donors (Lipinski definition) is 1. The third-order valence-corrected chi connectivity index (χ3v) is 4.40. The summed E-state index contributed by atoms with van der Waals surface area (Å²) < 4.78 is 27.9. The minimum absolute atomic E-state index is 0.197. The number of fused-ring (bicyclic) bond motifs is 1. The lowest BCUT2D eigenvalue weighted by Crippen LogP contribution is -2.55. The molecule has 2 N–H and O–H groups in total. The number of nitrogens with zero attached hydrogens (tertiary/aromatic N) is 4. The number of hydrogen-bond acceptors (Lipinski definition) is 4. The van der Waals surface area contributed by atoms with E-state index in [1.165, 1.54) is 0 Å². The minimum Gasteiger partial charge on any atom is -0.384 e. The van der Waals surface area contributed by atoms with Gasteiger partial charge >= 0.3 is 0 Å². The van der Waals surface area contributed by atoms with Gasteiger partial charge in [0.2, 0.25) is 0 Å². The van der Waals surface area contributed by atoms with Crippen molar-refractivity contribution in [1.82, 2.24) is 19.7 Å². The van der Waals surface area contributed by atoms with Gasteiger partial charge in [-0.2, -0.15) is 5.10 Å². The second-order valence-corrected chi connectivity index (χ2v) is 6.30. The third kappa shape index (κ3) is 2.60. The molecule has 7 heteroatoms. The number of aromatic nitrogens is 3. The number of pyridine rings is 1. The van der Waals surface area contributed by atoms with Crippen LogP contribution in [-0.4, -0.2) is 38.7 Å². The van der Waals surface area contributed by atoms with Crippen LogP contribution in [0, 0.1) is 0 Å². The molecule has 1 saturated heterocycles. The highest BCUT2D eigenvalue weighted by atomic mass is 19.3. The van der Waals surface area contributed by atoms with Crippen LogP contribution in [0.5, 0.6) is 0 Å². The second-order valence-electron chi connectivity index (χ2n) is 6.30. The van der Waals surface area contributed by atoms with Gasteiger partial charge in [-0.05, 0) is 23.1 Å². The summed E-state index contributed by atoms with van der Waals surface area (Å²) in [7, 11) is 1.83. The van der Waals surface area contributed by atoms with Crippen molar-refractivity contribution in [3.63, 3.8) is 0 Å². The van der Waals surface area contributed by atoms with Crippen LogP contribution in [0.3, 0.4) is 0 Å². The first-order chi connectivity index (χ1) is 11.4. The summed E-state index contributed by atoms with van der Waals surface area (Å²) in [6.07, 6.45) is 3.51. The van der Waals surface area contributed by atoms with E-state index in [0.29, 0.717) is 12.4 Å². The molecule has 4 rings (SSSR count). The maximum Gasteiger partial charge on any atom is 0.272 e. The van der Waals surface area contributed by atoms with Gasteiger partial charge in [-0.1, -0.05) is 12.1 Å². The van der Waals surface area contributed by atoms with E-state index in [2.05, 4.69) is 10.1 Å². The van der Waals surface area contributed by atoms with E-state index in [-0.39, 0.29) is 13.1 Å². The molecule has 0 radical (unpaired) electrons. The lowest BCUT2D eigenvalue weighted by molar-refractivity contribution is -0.134. The Morgan fingerprint density at radius 2 is 1.96 bits per heavy atom. The standard InChI is InChI=1S/C17H17F2N5/c1-23-15(8-24-9-17(18,19)10-24)14(7-22-23)11-2-3-12-6-21-16(20)5-13(12)4-11/h2-7H,8-10H2,1H3,(H2,20,21). The quantitative estimate of drug-likeness (QED) is 0.802. The Kier molecular flexibility index (Phi) is 3.28. The van der Waals surface area contributed by atoms with E-state index in [9.17, 15) is 8.78 Å². The third-order valence-electron chi connectivity index (χ3n) is 4.40. The van der Waals surface area contributed by atoms with Crippen LogP contribution < -0.4 is 5.73 Å². The largest absolute Gasteiger partial charge is 0.384 e. The zero-order valence-corrected chi connectivity index (χ0v) is 13.2. The van der Waals surface area contributed by atoms with Gasteiger partial charge in [0, 0.05) is 30.7 Å². The normalized spacial score (nSPS) is 17.1. The van der Waals surface area contributed by atoms with Gasteiger partial charge in [0.15, 0.2) is 0 Å². The number of anilines is 1. The molecule has 2 aromatic heterocycles. The monoisotopic (exact) mass is 329 g/mol. The van der Waals surface area contributed by atoms with Crippen molar-refractivity contribution < 1.29 is 8.78 Å². The fourth-order valence-electron chi connectivity index (χ4n) is 3.15. The van der Waals surface area contributed by atoms with Gasteiger partial charge in [0.05, 0.1) is 25.0 Å². The molecule has 3 aromatic rings. The molecule has 0 unspecified atom stereocenters. The lowest BCUT2D eigenvalue weighted by Gasteiger charge is -2.38. The molecule has 24 heavy (non-hydrogen) atoms. The number of halogens is 2. The number of benzene rings is 1. The summed E-state index contributed by atoms with van der Waals surface area (Å²) in [5.74, 6) is -2.10. The second kappa shape index (κ2) is 5.24. The van der Waals surface area contributed by atoms with Crippen LogP contribution >= 0.6 is 0 Å². The predicted octanol–water partition coefficient (Wildman–Crippen LogP) is 2.67. The van der Waals surface area contributed by atoms with Gasteiger partial charge in [0.1, 0.15) is 5.82 Å². The summed E-state index contributed by atoms with van der Waals surface area (Å²) in [6, 6.07) is 7.82. The van der Waals surface area contributed by atoms with E-state index < -0.39 is 5.92 Å². The Morgan fingerprint density at radius 1 is 1.17 bits per heavy atom. The highest BCUT2D eigenvalue weighted by Crippen LogP contribution is 2.32. The molecule has 5 nitrogen and oxygen atoms in total. The number of likely N-dealkylation sites (tertiary alicyclic amines) is 1. The predicted molar refractivity (Wildman–Crippen MR) is 88.6 cm³/mol. The average molecular weight is 329 g/mol. The Bertz CT molecular complexity index is 910. The van der Waals surface area contributed by atoms with Gasteiger partial charge in [-0.15, -0.1) is 0 Å². The van der Waals surface area contributed by atoms with Crippen LogP contribution in [0.1, 0.15) is 5.69 Å². The van der Waals surface area contributed by atoms with E-state index in [0.717, 1.165) is 27.6 Å². The Morgan fingerprint density at radius 3 is 2.71 bits per heavy atom. The fraction of sp³-hybridized carbons (Fsp3) is 0.294. The fourth-order valence-corrected chi connectivity index (χ4v) is 3.15. The number of alkyl halides is 2. The highest BCUT2D eigenvalue weighted by molar-refractivity contribution is 5.88. The summed E-state index contributed by atoms with van der Waals surface area (Å²) >= 11 is 0. The minimum atomic E-state index is -2.56. The topological polar surface area (TPSA) is 60.0 Å². The number of nitrogens with two attached hydrogens (primary N) is 1. The van der Waals surface area contributed by atoms with Crippen LogP contribution in [0.15, 0.2) is 36.7 Å². The number of rotatable bonds is 3. The van der Waals surface area contributed by atoms with Crippen LogP contribution in [0.2, 0.25) is 0 Å². The van der Waals surface area contributed by atoms with Crippen LogP contribution in [0.4, 0.5) is 14.6 Å². The summed E-state index contributed by atoms with van der Waals surface area (Å²) in [5.41, 5.74) is 8.62. The van der Waals surface area contributed by atoms with Gasteiger partial charge in [0.25, 0.3) is 5.92 Å². The number of aryl methyl sites for hydroxylation is 1. The molecule has 1 fully saturated rings. The number of nitrogen functional groups attached to an aromatic ring is 1. The van der Waals surface area contributed by atoms with E-state index >= 15 is 0 Å². The van der Waals surface area contributed by atoms with Crippen LogP contribution in [-0.2, 0) is 13.6 Å². The smallest absolute Gasteiger partial charge is 0.272 e. The Balaban J connectivity index is 1.69. The first kappa shape index (κ1) is 15.0. The Hall–Kier alpha value is -2.54. The molecule has 0 saturated carbocycles. The molecule has 0 amide bonds. The summed E-state index contributed by atoms with van der Waals surface area (Å²) in [5, 5.41) is 6.30. The van der Waals surface area contributed by atoms with Crippen molar-refractivity contribution in [1.29, 1.82) is 0 Å². The molecular formula is C17H17F2N5. The molecule has 1 aliphatic heterocycles. The van der Waals surface area contributed by atoms with Crippen molar-refractivity contribution in [3.8, 4) is 11.1 Å². The molecule has 0 bridgehead atoms. The highest BCUT2D eigenvalue weighted by Gasteiger charge is 2.43. The SMILES string of the molecule is Cn1ncc(-c2ccc3cnc(N)cc3c2)c1CN1CC(F)(F)C1. The van der Waals surface area contributed by atoms with Gasteiger partial charge in [-0.25, -0.2) is 13.8 Å². The maximum atomic E-state index is 13.1. The zero-order valence-electron chi connectivity index (χ0n) is 13.2. The maximum absolute atomic E-state index is 13.1. The van der Waals surface area contributed by atoms with Crippen molar-refractivity contribution in [2.75, 3.05) is 18.8 Å². The van der Waals surface area contributed by atoms with E-state index in [4.69, 9.17) is 5.73 Å². The zero-order chi connectivity index (χ0) is 16.9. The van der Waals surface area contributed by atoms with Crippen LogP contribution in [0.25, 0.3) is 21.9 Å². The first-order valence-corrected chi connectivity index (χ1v) is 7.68. The molecule has 0 spiro atoms. The first-order valence-electron chi connectivity index (χ1n) is 7.68. The molecule has 1 aliphatic rings. The van der Waals surface area contributed by atoms with Crippen molar-refractivity contribution in [2.24, 2.45) is 7.05 Å². The molecule has 0 aliphatic carbocycles. The molecule has 124 valence electrons. The van der Waals surface area contributed by atoms with E-state index in [1.807, 2.05) is 31.3 Å². The summed E-state index contributed by atoms with van der Waals surface area (Å²) in [6.45, 7) is 0.0625. The molecule has 0 atom stereocenters. The van der Waals surface area contributed by atoms with Crippen molar-refractivity contribution in [3.05, 3.63) is 42.4 Å². The molecular weight excluding hydrogens is 312 g/mol. The van der Waals surface area contributed by atoms with Crippen molar-refractivity contribution >= 4 is 16.6 Å². The average Bonchev–Trinajstić information content (AvgIpc) is 2.86. The van der Waals surface area contributed by atoms with E-state index in [1.54, 1.807) is 22.0 Å².